The van der Waals surface area contributed by atoms with Crippen LogP contribution >= 0.6 is 0 Å². The van der Waals surface area contributed by atoms with E-state index in [9.17, 15) is 0 Å². The molecule has 5 heteroatoms. The van der Waals surface area contributed by atoms with Crippen molar-refractivity contribution in [3.63, 3.8) is 0 Å². The number of para-hydroxylation sites is 3. The van der Waals surface area contributed by atoms with Crippen LogP contribution in [0.1, 0.15) is 0 Å². The summed E-state index contributed by atoms with van der Waals surface area (Å²) in [4.78, 5) is 17.1. The van der Waals surface area contributed by atoms with Gasteiger partial charge in [-0.3, -0.25) is 0 Å². The number of anilines is 3. The molecule has 4 heterocycles. The highest BCUT2D eigenvalue weighted by molar-refractivity contribution is 6.04. The predicted molar refractivity (Wildman–Crippen MR) is 231 cm³/mol. The fourth-order valence-electron chi connectivity index (χ4n) is 7.76. The van der Waals surface area contributed by atoms with Crippen molar-refractivity contribution in [1.29, 1.82) is 0 Å². The molecule has 0 aliphatic heterocycles. The Labute approximate surface area is 322 Å². The molecule has 0 N–H and O–H groups in total. The quantitative estimate of drug-likeness (QED) is 0.171. The molecule has 0 saturated heterocycles. The number of fused-ring (bicyclic) bond motifs is 6. The largest absolute Gasteiger partial charge is 0.438 e. The van der Waals surface area contributed by atoms with Gasteiger partial charge in [-0.1, -0.05) is 109 Å². The van der Waals surface area contributed by atoms with Crippen LogP contribution in [0, 0.1) is 0 Å². The Hall–Kier alpha value is -7.63. The first-order chi connectivity index (χ1) is 27.7. The summed E-state index contributed by atoms with van der Waals surface area (Å²) in [6.07, 6.45) is 0. The van der Waals surface area contributed by atoms with Gasteiger partial charge >= 0.3 is 0 Å². The third-order valence-electron chi connectivity index (χ3n) is 10.7. The average Bonchev–Trinajstić information content (AvgIpc) is 3.64. The lowest BCUT2D eigenvalue weighted by Gasteiger charge is -2.26. The number of nitrogens with zero attached hydrogens (tertiary/aromatic N) is 4. The minimum atomic E-state index is 0.652. The number of hydrogen-bond donors (Lipinski definition) is 0. The molecule has 0 saturated carbocycles. The summed E-state index contributed by atoms with van der Waals surface area (Å²) in [6, 6.07) is 67.7. The van der Waals surface area contributed by atoms with Crippen molar-refractivity contribution >= 4 is 71.7 Å². The zero-order valence-electron chi connectivity index (χ0n) is 30.2. The van der Waals surface area contributed by atoms with E-state index in [2.05, 4.69) is 157 Å². The average molecular weight is 717 g/mol. The van der Waals surface area contributed by atoms with Crippen LogP contribution < -0.4 is 4.90 Å². The molecule has 0 aliphatic carbocycles. The summed E-state index contributed by atoms with van der Waals surface area (Å²) < 4.78 is 6.10. The molecule has 0 unspecified atom stereocenters. The first-order valence-corrected chi connectivity index (χ1v) is 18.8. The molecule has 7 aromatic carbocycles. The van der Waals surface area contributed by atoms with Crippen molar-refractivity contribution in [3.8, 4) is 33.8 Å². The molecule has 11 aromatic rings. The first kappa shape index (κ1) is 31.9. The summed E-state index contributed by atoms with van der Waals surface area (Å²) >= 11 is 0. The van der Waals surface area contributed by atoms with Gasteiger partial charge in [-0.15, -0.1) is 0 Å². The van der Waals surface area contributed by atoms with Gasteiger partial charge in [-0.2, -0.15) is 0 Å². The van der Waals surface area contributed by atoms with Crippen LogP contribution in [-0.4, -0.2) is 15.0 Å². The van der Waals surface area contributed by atoms with E-state index in [4.69, 9.17) is 19.4 Å². The molecule has 0 fully saturated rings. The molecule has 262 valence electrons. The molecule has 0 bridgehead atoms. The standard InChI is InChI=1S/C51H32N4O/c1-4-10-45-33(7-1)20-28-47(52-45)35-15-22-40(23-16-35)55(41-24-17-36(18-25-41)48-29-21-34-8-2-5-11-46(34)53-48)42-26-19-37-31-39(14-13-38(37)32-42)49-30-27-44-43-9-3-6-12-50(43)56-51(44)54-49/h1-32H. The number of aromatic nitrogens is 3. The van der Waals surface area contributed by atoms with Crippen molar-refractivity contribution in [2.24, 2.45) is 0 Å². The number of benzene rings is 7. The van der Waals surface area contributed by atoms with Gasteiger partial charge in [0.05, 0.1) is 28.1 Å². The van der Waals surface area contributed by atoms with Crippen molar-refractivity contribution in [1.82, 2.24) is 15.0 Å². The van der Waals surface area contributed by atoms with Gasteiger partial charge in [-0.05, 0) is 95.7 Å². The van der Waals surface area contributed by atoms with Gasteiger partial charge in [0, 0.05) is 55.3 Å². The lowest BCUT2D eigenvalue weighted by atomic mass is 10.0. The molecule has 0 radical (unpaired) electrons. The SMILES string of the molecule is c1ccc2nc(-c3ccc(N(c4ccc(-c5ccc6ccccc6n5)cc4)c4ccc5cc(-c6ccc7c(n6)oc6ccccc67)ccc5c4)cc3)ccc2c1. The number of hydrogen-bond acceptors (Lipinski definition) is 5. The number of furan rings is 1. The van der Waals surface area contributed by atoms with Gasteiger partial charge in [0.25, 0.3) is 0 Å². The lowest BCUT2D eigenvalue weighted by molar-refractivity contribution is 0.654. The summed E-state index contributed by atoms with van der Waals surface area (Å²) in [7, 11) is 0. The maximum absolute atomic E-state index is 6.10. The van der Waals surface area contributed by atoms with Gasteiger partial charge in [-0.25, -0.2) is 15.0 Å². The van der Waals surface area contributed by atoms with Crippen LogP contribution in [0.15, 0.2) is 199 Å². The Bertz CT molecular complexity index is 3140. The number of pyridine rings is 3. The minimum absolute atomic E-state index is 0.652. The topological polar surface area (TPSA) is 55.1 Å². The summed E-state index contributed by atoms with van der Waals surface area (Å²) in [5, 5.41) is 6.64. The fourth-order valence-corrected chi connectivity index (χ4v) is 7.76. The second kappa shape index (κ2) is 13.0. The normalized spacial score (nSPS) is 11.6. The van der Waals surface area contributed by atoms with E-state index in [0.29, 0.717) is 5.71 Å². The third-order valence-corrected chi connectivity index (χ3v) is 10.7. The molecule has 0 atom stereocenters. The van der Waals surface area contributed by atoms with Crippen LogP contribution in [-0.2, 0) is 0 Å². The summed E-state index contributed by atoms with van der Waals surface area (Å²) in [5.74, 6) is 0. The highest BCUT2D eigenvalue weighted by Gasteiger charge is 2.16. The van der Waals surface area contributed by atoms with Gasteiger partial charge in [0.15, 0.2) is 0 Å². The van der Waals surface area contributed by atoms with E-state index >= 15 is 0 Å². The number of rotatable bonds is 6. The van der Waals surface area contributed by atoms with E-state index in [1.165, 1.54) is 0 Å². The predicted octanol–water partition coefficient (Wildman–Crippen LogP) is 13.7. The van der Waals surface area contributed by atoms with Crippen LogP contribution in [0.2, 0.25) is 0 Å². The van der Waals surface area contributed by atoms with Crippen molar-refractivity contribution in [2.45, 2.75) is 0 Å². The lowest BCUT2D eigenvalue weighted by Crippen LogP contribution is -2.10. The Kier molecular flexibility index (Phi) is 7.42. The zero-order valence-corrected chi connectivity index (χ0v) is 30.2. The molecule has 56 heavy (non-hydrogen) atoms. The van der Waals surface area contributed by atoms with E-state index in [1.807, 2.05) is 42.5 Å². The van der Waals surface area contributed by atoms with Crippen LogP contribution in [0.25, 0.3) is 88.4 Å². The Morgan fingerprint density at radius 1 is 0.339 bits per heavy atom. The molecule has 11 rings (SSSR count). The Morgan fingerprint density at radius 2 is 0.839 bits per heavy atom. The van der Waals surface area contributed by atoms with Gasteiger partial charge < -0.3 is 9.32 Å². The van der Waals surface area contributed by atoms with Gasteiger partial charge in [0.2, 0.25) is 5.71 Å². The Morgan fingerprint density at radius 3 is 1.52 bits per heavy atom. The third kappa shape index (κ3) is 5.62. The van der Waals surface area contributed by atoms with Crippen LogP contribution in [0.4, 0.5) is 17.1 Å². The second-order valence-electron chi connectivity index (χ2n) is 14.1. The second-order valence-corrected chi connectivity index (χ2v) is 14.1. The van der Waals surface area contributed by atoms with Crippen molar-refractivity contribution < 1.29 is 4.42 Å². The van der Waals surface area contributed by atoms with E-state index in [-0.39, 0.29) is 0 Å². The van der Waals surface area contributed by atoms with Crippen molar-refractivity contribution in [3.05, 3.63) is 194 Å². The summed E-state index contributed by atoms with van der Waals surface area (Å²) in [6.45, 7) is 0. The maximum Gasteiger partial charge on any atom is 0.227 e. The molecular formula is C51H32N4O. The highest BCUT2D eigenvalue weighted by Crippen LogP contribution is 2.39. The summed E-state index contributed by atoms with van der Waals surface area (Å²) in [5.41, 5.74) is 12.6. The first-order valence-electron chi connectivity index (χ1n) is 18.8. The molecule has 4 aromatic heterocycles. The highest BCUT2D eigenvalue weighted by atomic mass is 16.3. The Balaban J connectivity index is 0.969. The molecular weight excluding hydrogens is 685 g/mol. The molecule has 5 nitrogen and oxygen atoms in total. The minimum Gasteiger partial charge on any atom is -0.438 e. The monoisotopic (exact) mass is 716 g/mol. The fraction of sp³-hybridized carbons (Fsp3) is 0. The molecule has 0 amide bonds. The van der Waals surface area contributed by atoms with Crippen LogP contribution in [0.3, 0.4) is 0 Å². The smallest absolute Gasteiger partial charge is 0.227 e. The maximum atomic E-state index is 6.10. The molecule has 0 spiro atoms. The van der Waals surface area contributed by atoms with Crippen LogP contribution in [0.5, 0.6) is 0 Å². The van der Waals surface area contributed by atoms with Gasteiger partial charge in [0.1, 0.15) is 5.58 Å². The zero-order chi connectivity index (χ0) is 37.0. The van der Waals surface area contributed by atoms with E-state index in [0.717, 1.165) is 99.8 Å². The van der Waals surface area contributed by atoms with E-state index in [1.54, 1.807) is 0 Å². The van der Waals surface area contributed by atoms with E-state index < -0.39 is 0 Å². The van der Waals surface area contributed by atoms with Crippen molar-refractivity contribution in [2.75, 3.05) is 4.90 Å². The molecule has 0 aliphatic rings.